The van der Waals surface area contributed by atoms with Crippen LogP contribution in [0.25, 0.3) is 0 Å². The molecular formula is C27H42N2O6. The second kappa shape index (κ2) is 12.0. The monoisotopic (exact) mass is 490 g/mol. The van der Waals surface area contributed by atoms with E-state index < -0.39 is 18.1 Å². The molecule has 1 aromatic carbocycles. The van der Waals surface area contributed by atoms with Gasteiger partial charge >= 0.3 is 12.1 Å². The number of methoxy groups -OCH3 is 2. The zero-order valence-corrected chi connectivity index (χ0v) is 22.0. The summed E-state index contributed by atoms with van der Waals surface area (Å²) in [5.41, 5.74) is 2.54. The average Bonchev–Trinajstić information content (AvgIpc) is 2.80. The number of rotatable bonds is 10. The van der Waals surface area contributed by atoms with Crippen molar-refractivity contribution in [1.29, 1.82) is 0 Å². The van der Waals surface area contributed by atoms with Crippen molar-refractivity contribution in [2.45, 2.75) is 65.5 Å². The number of amides is 1. The summed E-state index contributed by atoms with van der Waals surface area (Å²) >= 11 is 0. The number of carboxylic acid groups (broad SMARTS) is 1. The third kappa shape index (κ3) is 6.81. The molecule has 1 amide bonds. The van der Waals surface area contributed by atoms with Crippen LogP contribution in [0.1, 0.15) is 64.1 Å². The Labute approximate surface area is 209 Å². The Bertz CT molecular complexity index is 887. The molecule has 2 heterocycles. The smallest absolute Gasteiger partial charge is 0.407 e. The topological polar surface area (TPSA) is 97.3 Å². The van der Waals surface area contributed by atoms with Crippen LogP contribution in [0, 0.1) is 23.7 Å². The molecule has 8 heteroatoms. The molecule has 0 spiro atoms. The van der Waals surface area contributed by atoms with Gasteiger partial charge in [-0.05, 0) is 72.6 Å². The van der Waals surface area contributed by atoms with Gasteiger partial charge in [0.2, 0.25) is 0 Å². The van der Waals surface area contributed by atoms with Crippen molar-refractivity contribution in [3.63, 3.8) is 0 Å². The van der Waals surface area contributed by atoms with E-state index in [0.717, 1.165) is 43.9 Å². The summed E-state index contributed by atoms with van der Waals surface area (Å²) < 4.78 is 16.7. The number of nitrogens with one attached hydrogen (secondary N) is 1. The molecule has 2 aliphatic heterocycles. The van der Waals surface area contributed by atoms with E-state index in [-0.39, 0.29) is 24.5 Å². The molecule has 0 saturated carbocycles. The molecule has 1 saturated heterocycles. The molecule has 8 nitrogen and oxygen atoms in total. The predicted molar refractivity (Wildman–Crippen MR) is 134 cm³/mol. The van der Waals surface area contributed by atoms with Gasteiger partial charge in [0.25, 0.3) is 0 Å². The van der Waals surface area contributed by atoms with Gasteiger partial charge < -0.3 is 24.6 Å². The number of hydrogen-bond acceptors (Lipinski definition) is 6. The van der Waals surface area contributed by atoms with Crippen LogP contribution in [-0.2, 0) is 16.0 Å². The van der Waals surface area contributed by atoms with Gasteiger partial charge in [0.1, 0.15) is 6.04 Å². The van der Waals surface area contributed by atoms with Crippen LogP contribution in [0.4, 0.5) is 4.79 Å². The van der Waals surface area contributed by atoms with Crippen LogP contribution in [0.2, 0.25) is 0 Å². The van der Waals surface area contributed by atoms with E-state index in [9.17, 15) is 14.7 Å². The summed E-state index contributed by atoms with van der Waals surface area (Å²) in [6, 6.07) is 3.47. The highest BCUT2D eigenvalue weighted by Crippen LogP contribution is 2.45. The lowest BCUT2D eigenvalue weighted by Gasteiger charge is -2.47. The Balaban J connectivity index is 1.75. The Morgan fingerprint density at radius 2 is 1.77 bits per heavy atom. The van der Waals surface area contributed by atoms with Crippen molar-refractivity contribution in [3.05, 3.63) is 23.3 Å². The SMILES string of the molecule is COc1cc2c(cc1OC)[C@H]1C[C@@H](COC(=O)N[C@@H](CC(C)C)C(=O)O)[C@H](CC(C)C)CN1CC2. The fourth-order valence-corrected chi connectivity index (χ4v) is 5.64. The van der Waals surface area contributed by atoms with E-state index in [1.54, 1.807) is 14.2 Å². The largest absolute Gasteiger partial charge is 0.493 e. The average molecular weight is 491 g/mol. The molecule has 2 N–H and O–H groups in total. The molecule has 35 heavy (non-hydrogen) atoms. The minimum absolute atomic E-state index is 0.151. The van der Waals surface area contributed by atoms with Gasteiger partial charge in [-0.1, -0.05) is 27.7 Å². The molecule has 4 atom stereocenters. The maximum atomic E-state index is 12.5. The summed E-state index contributed by atoms with van der Waals surface area (Å²) in [5.74, 6) is 1.73. The van der Waals surface area contributed by atoms with Crippen LogP contribution < -0.4 is 14.8 Å². The summed E-state index contributed by atoms with van der Waals surface area (Å²) in [6.45, 7) is 10.5. The lowest BCUT2D eigenvalue weighted by molar-refractivity contribution is -0.139. The lowest BCUT2D eigenvalue weighted by Crippen LogP contribution is -2.48. The number of fused-ring (bicyclic) bond motifs is 3. The first kappa shape index (κ1) is 27.1. The van der Waals surface area contributed by atoms with Crippen LogP contribution >= 0.6 is 0 Å². The number of carbonyl (C=O) groups excluding carboxylic acids is 1. The standard InChI is InChI=1S/C27H42N2O6/c1-16(2)9-19-14-29-8-7-18-12-24(33-5)25(34-6)13-21(18)23(29)11-20(19)15-35-27(32)28-22(26(30)31)10-17(3)4/h12-13,16-17,19-20,22-23H,7-11,14-15H2,1-6H3,(H,28,32)(H,30,31)/t19-,20+,22+,23-/m1/s1. The van der Waals surface area contributed by atoms with Gasteiger partial charge in [0.15, 0.2) is 11.5 Å². The van der Waals surface area contributed by atoms with E-state index in [1.807, 2.05) is 13.8 Å². The Hall–Kier alpha value is -2.48. The number of carboxylic acids is 1. The van der Waals surface area contributed by atoms with Gasteiger partial charge in [-0.2, -0.15) is 0 Å². The van der Waals surface area contributed by atoms with E-state index in [0.29, 0.717) is 18.3 Å². The van der Waals surface area contributed by atoms with Crippen molar-refractivity contribution >= 4 is 12.1 Å². The number of carbonyl (C=O) groups is 2. The van der Waals surface area contributed by atoms with E-state index in [4.69, 9.17) is 14.2 Å². The summed E-state index contributed by atoms with van der Waals surface area (Å²) in [7, 11) is 3.31. The minimum Gasteiger partial charge on any atom is -0.493 e. The molecule has 196 valence electrons. The number of benzene rings is 1. The van der Waals surface area contributed by atoms with Crippen molar-refractivity contribution in [2.75, 3.05) is 33.9 Å². The highest BCUT2D eigenvalue weighted by Gasteiger charge is 2.40. The van der Waals surface area contributed by atoms with E-state index >= 15 is 0 Å². The molecule has 2 aliphatic rings. The second-order valence-corrected chi connectivity index (χ2v) is 10.8. The molecule has 0 aliphatic carbocycles. The minimum atomic E-state index is -1.04. The van der Waals surface area contributed by atoms with Crippen LogP contribution in [0.15, 0.2) is 12.1 Å². The molecule has 3 rings (SSSR count). The molecule has 0 aromatic heterocycles. The van der Waals surface area contributed by atoms with Gasteiger partial charge in [-0.3, -0.25) is 4.90 Å². The highest BCUT2D eigenvalue weighted by atomic mass is 16.5. The van der Waals surface area contributed by atoms with Crippen LogP contribution in [-0.4, -0.2) is 62.0 Å². The lowest BCUT2D eigenvalue weighted by atomic mass is 9.74. The maximum Gasteiger partial charge on any atom is 0.407 e. The number of nitrogens with zero attached hydrogens (tertiary/aromatic N) is 1. The van der Waals surface area contributed by atoms with Crippen LogP contribution in [0.5, 0.6) is 11.5 Å². The zero-order valence-electron chi connectivity index (χ0n) is 22.0. The number of ether oxygens (including phenoxy) is 3. The zero-order chi connectivity index (χ0) is 25.7. The van der Waals surface area contributed by atoms with E-state index in [2.05, 4.69) is 36.2 Å². The molecular weight excluding hydrogens is 448 g/mol. The van der Waals surface area contributed by atoms with Crippen molar-refractivity contribution in [1.82, 2.24) is 10.2 Å². The van der Waals surface area contributed by atoms with Crippen molar-refractivity contribution in [3.8, 4) is 11.5 Å². The first-order chi connectivity index (χ1) is 16.6. The normalized spacial score (nSPS) is 22.8. The van der Waals surface area contributed by atoms with Crippen molar-refractivity contribution in [2.24, 2.45) is 23.7 Å². The Kier molecular flexibility index (Phi) is 9.27. The Morgan fingerprint density at radius 3 is 2.37 bits per heavy atom. The van der Waals surface area contributed by atoms with Gasteiger partial charge in [0, 0.05) is 19.1 Å². The summed E-state index contributed by atoms with van der Waals surface area (Å²) in [5, 5.41) is 12.0. The molecule has 1 aromatic rings. The number of aliphatic carboxylic acids is 1. The number of hydrogen-bond donors (Lipinski definition) is 2. The first-order valence-corrected chi connectivity index (χ1v) is 12.8. The highest BCUT2D eigenvalue weighted by molar-refractivity contribution is 5.79. The molecule has 0 radical (unpaired) electrons. The van der Waals surface area contributed by atoms with Gasteiger partial charge in [-0.25, -0.2) is 9.59 Å². The first-order valence-electron chi connectivity index (χ1n) is 12.8. The summed E-state index contributed by atoms with van der Waals surface area (Å²) in [6.07, 6.45) is 2.61. The quantitative estimate of drug-likeness (QED) is 0.498. The van der Waals surface area contributed by atoms with E-state index in [1.165, 1.54) is 11.1 Å². The fourth-order valence-electron chi connectivity index (χ4n) is 5.64. The second-order valence-electron chi connectivity index (χ2n) is 10.8. The third-order valence-electron chi connectivity index (χ3n) is 7.28. The van der Waals surface area contributed by atoms with Gasteiger partial charge in [-0.15, -0.1) is 0 Å². The maximum absolute atomic E-state index is 12.5. The van der Waals surface area contributed by atoms with Gasteiger partial charge in [0.05, 0.1) is 20.8 Å². The Morgan fingerprint density at radius 1 is 1.09 bits per heavy atom. The number of alkyl carbamates (subject to hydrolysis) is 1. The molecule has 0 bridgehead atoms. The predicted octanol–water partition coefficient (Wildman–Crippen LogP) is 4.51. The fraction of sp³-hybridized carbons (Fsp3) is 0.704. The van der Waals surface area contributed by atoms with Crippen LogP contribution in [0.3, 0.4) is 0 Å². The molecule has 1 fully saturated rings. The van der Waals surface area contributed by atoms with Crippen molar-refractivity contribution < 1.29 is 28.9 Å². The summed E-state index contributed by atoms with van der Waals surface area (Å²) in [4.78, 5) is 26.6. The third-order valence-corrected chi connectivity index (χ3v) is 7.28. The molecule has 0 unspecified atom stereocenters. The number of piperidine rings is 1.